The fourth-order valence-electron chi connectivity index (χ4n) is 2.34. The van der Waals surface area contributed by atoms with Crippen molar-refractivity contribution < 1.29 is 0 Å². The third-order valence-corrected chi connectivity index (χ3v) is 3.58. The minimum absolute atomic E-state index is 0.0136. The molecular formula is C17H17N5. The molecule has 1 aromatic heterocycles. The Hall–Kier alpha value is -2.89. The van der Waals surface area contributed by atoms with Crippen LogP contribution in [0.3, 0.4) is 0 Å². The lowest BCUT2D eigenvalue weighted by Gasteiger charge is -2.15. The molecule has 0 amide bonds. The monoisotopic (exact) mass is 291 g/mol. The van der Waals surface area contributed by atoms with Crippen molar-refractivity contribution in [2.24, 2.45) is 0 Å². The summed E-state index contributed by atoms with van der Waals surface area (Å²) >= 11 is 0. The highest BCUT2D eigenvalue weighted by atomic mass is 14.7. The zero-order valence-electron chi connectivity index (χ0n) is 12.4. The Kier molecular flexibility index (Phi) is 7.74. The summed E-state index contributed by atoms with van der Waals surface area (Å²) in [6.07, 6.45) is 4.49. The largest absolute Gasteiger partial charge is 0.261 e. The first-order valence-electron chi connectivity index (χ1n) is 7.20. The summed E-state index contributed by atoms with van der Waals surface area (Å²) in [4.78, 5) is 4.41. The number of pyridine rings is 1. The Labute approximate surface area is 131 Å². The van der Waals surface area contributed by atoms with Gasteiger partial charge in [-0.15, -0.1) is 0 Å². The smallest absolute Gasteiger partial charge is 0.0628 e. The Morgan fingerprint density at radius 3 is 1.91 bits per heavy atom. The molecule has 0 spiro atoms. The van der Waals surface area contributed by atoms with E-state index < -0.39 is 0 Å². The van der Waals surface area contributed by atoms with E-state index in [1.54, 1.807) is 6.20 Å². The molecular weight excluding hydrogens is 274 g/mol. The molecule has 1 aromatic rings. The maximum absolute atomic E-state index is 8.89. The number of hydrogen-bond acceptors (Lipinski definition) is 5. The maximum atomic E-state index is 8.89. The van der Waals surface area contributed by atoms with E-state index in [1.165, 1.54) is 0 Å². The van der Waals surface area contributed by atoms with Gasteiger partial charge in [0.2, 0.25) is 0 Å². The Balaban J connectivity index is 2.87. The number of aromatic nitrogens is 1. The second kappa shape index (κ2) is 9.93. The predicted molar refractivity (Wildman–Crippen MR) is 79.9 cm³/mol. The molecule has 0 aromatic carbocycles. The quantitative estimate of drug-likeness (QED) is 0.725. The maximum Gasteiger partial charge on any atom is 0.0628 e. The fraction of sp³-hybridized carbons (Fsp3) is 0.471. The molecule has 1 rings (SSSR count). The van der Waals surface area contributed by atoms with E-state index in [0.29, 0.717) is 38.5 Å². The van der Waals surface area contributed by atoms with Gasteiger partial charge < -0.3 is 0 Å². The van der Waals surface area contributed by atoms with Crippen molar-refractivity contribution in [2.75, 3.05) is 0 Å². The molecule has 5 nitrogen and oxygen atoms in total. The van der Waals surface area contributed by atoms with E-state index in [0.717, 1.165) is 11.3 Å². The van der Waals surface area contributed by atoms with Crippen LogP contribution >= 0.6 is 0 Å². The summed E-state index contributed by atoms with van der Waals surface area (Å²) in [5.41, 5.74) is 1.74. The van der Waals surface area contributed by atoms with Crippen LogP contribution in [-0.2, 0) is 0 Å². The van der Waals surface area contributed by atoms with Gasteiger partial charge in [-0.25, -0.2) is 0 Å². The summed E-state index contributed by atoms with van der Waals surface area (Å²) in [5.74, 6) is -0.0213. The summed E-state index contributed by atoms with van der Waals surface area (Å²) in [5, 5.41) is 35.1. The van der Waals surface area contributed by atoms with Crippen LogP contribution in [0.2, 0.25) is 0 Å². The molecule has 0 aliphatic rings. The van der Waals surface area contributed by atoms with E-state index >= 15 is 0 Å². The van der Waals surface area contributed by atoms with E-state index in [-0.39, 0.29) is 11.8 Å². The summed E-state index contributed by atoms with van der Waals surface area (Å²) in [6, 6.07) is 12.2. The topological polar surface area (TPSA) is 108 Å². The van der Waals surface area contributed by atoms with E-state index in [2.05, 4.69) is 29.3 Å². The molecule has 0 saturated heterocycles. The van der Waals surface area contributed by atoms with Crippen LogP contribution in [0.25, 0.3) is 0 Å². The number of hydrogen-bond donors (Lipinski definition) is 0. The van der Waals surface area contributed by atoms with Gasteiger partial charge in [0.1, 0.15) is 0 Å². The van der Waals surface area contributed by atoms with Crippen molar-refractivity contribution in [3.8, 4) is 24.3 Å². The third kappa shape index (κ3) is 5.24. The van der Waals surface area contributed by atoms with Gasteiger partial charge in [0, 0.05) is 43.5 Å². The lowest BCUT2D eigenvalue weighted by molar-refractivity contribution is 0.621. The van der Waals surface area contributed by atoms with Crippen molar-refractivity contribution in [1.82, 2.24) is 4.98 Å². The molecule has 0 saturated carbocycles. The number of nitrogens with zero attached hydrogens (tertiary/aromatic N) is 5. The van der Waals surface area contributed by atoms with Crippen LogP contribution < -0.4 is 0 Å². The second-order valence-corrected chi connectivity index (χ2v) is 5.03. The highest BCUT2D eigenvalue weighted by molar-refractivity contribution is 5.22. The molecule has 0 fully saturated rings. The Morgan fingerprint density at radius 2 is 1.41 bits per heavy atom. The third-order valence-electron chi connectivity index (χ3n) is 3.58. The van der Waals surface area contributed by atoms with E-state index in [4.69, 9.17) is 21.0 Å². The highest BCUT2D eigenvalue weighted by Gasteiger charge is 2.15. The number of rotatable bonds is 8. The summed E-state index contributed by atoms with van der Waals surface area (Å²) in [7, 11) is 0. The SMILES string of the molecule is N#CCCC(CC#N)c1ccc(C(CC#N)CCC#N)nc1. The molecule has 0 N–H and O–H groups in total. The second-order valence-electron chi connectivity index (χ2n) is 5.03. The molecule has 5 heteroatoms. The lowest BCUT2D eigenvalue weighted by atomic mass is 9.91. The minimum atomic E-state index is -0.0350. The van der Waals surface area contributed by atoms with Crippen LogP contribution in [0.15, 0.2) is 18.3 Å². The van der Waals surface area contributed by atoms with Gasteiger partial charge in [-0.3, -0.25) is 4.98 Å². The molecule has 22 heavy (non-hydrogen) atoms. The Bertz CT molecular complexity index is 564. The van der Waals surface area contributed by atoms with Crippen LogP contribution in [-0.4, -0.2) is 4.98 Å². The molecule has 0 bridgehead atoms. The van der Waals surface area contributed by atoms with Gasteiger partial charge in [-0.1, -0.05) is 6.07 Å². The average molecular weight is 291 g/mol. The van der Waals surface area contributed by atoms with Crippen molar-refractivity contribution in [2.45, 2.75) is 50.4 Å². The van der Waals surface area contributed by atoms with Crippen LogP contribution in [0.5, 0.6) is 0 Å². The molecule has 2 atom stereocenters. The summed E-state index contributed by atoms with van der Waals surface area (Å²) < 4.78 is 0. The minimum Gasteiger partial charge on any atom is -0.261 e. The van der Waals surface area contributed by atoms with Gasteiger partial charge >= 0.3 is 0 Å². The van der Waals surface area contributed by atoms with E-state index in [1.807, 2.05) is 12.1 Å². The van der Waals surface area contributed by atoms with Crippen LogP contribution in [0.1, 0.15) is 61.6 Å². The Morgan fingerprint density at radius 1 is 0.818 bits per heavy atom. The molecule has 0 radical (unpaired) electrons. The van der Waals surface area contributed by atoms with Crippen molar-refractivity contribution in [1.29, 1.82) is 21.0 Å². The first-order chi connectivity index (χ1) is 10.8. The molecule has 0 aliphatic heterocycles. The zero-order valence-corrected chi connectivity index (χ0v) is 12.4. The lowest BCUT2D eigenvalue weighted by Crippen LogP contribution is -2.04. The summed E-state index contributed by atoms with van der Waals surface area (Å²) in [6.45, 7) is 0. The van der Waals surface area contributed by atoms with Crippen LogP contribution in [0.4, 0.5) is 0 Å². The van der Waals surface area contributed by atoms with Crippen molar-refractivity contribution >= 4 is 0 Å². The highest BCUT2D eigenvalue weighted by Crippen LogP contribution is 2.27. The van der Waals surface area contributed by atoms with Gasteiger partial charge in [-0.2, -0.15) is 21.0 Å². The van der Waals surface area contributed by atoms with Gasteiger partial charge in [-0.05, 0) is 30.4 Å². The molecule has 1 heterocycles. The molecule has 0 aliphatic carbocycles. The zero-order chi connectivity index (χ0) is 16.2. The molecule has 110 valence electrons. The van der Waals surface area contributed by atoms with Crippen molar-refractivity contribution in [3.63, 3.8) is 0 Å². The fourth-order valence-corrected chi connectivity index (χ4v) is 2.34. The predicted octanol–water partition coefficient (Wildman–Crippen LogP) is 3.68. The first kappa shape index (κ1) is 17.2. The number of nitriles is 4. The normalized spacial score (nSPS) is 12.2. The van der Waals surface area contributed by atoms with Gasteiger partial charge in [0.25, 0.3) is 0 Å². The van der Waals surface area contributed by atoms with Gasteiger partial charge in [0.05, 0.1) is 24.3 Å². The molecule has 2 unspecified atom stereocenters. The first-order valence-corrected chi connectivity index (χ1v) is 7.20. The van der Waals surface area contributed by atoms with Crippen molar-refractivity contribution in [3.05, 3.63) is 29.6 Å². The van der Waals surface area contributed by atoms with Gasteiger partial charge in [0.15, 0.2) is 0 Å². The van der Waals surface area contributed by atoms with E-state index in [9.17, 15) is 0 Å². The van der Waals surface area contributed by atoms with Crippen LogP contribution in [0, 0.1) is 45.3 Å². The average Bonchev–Trinajstić information content (AvgIpc) is 2.55. The standard InChI is InChI=1S/C17H17N5/c18-9-1-3-14(7-11-20)16-5-6-17(22-13-16)15(8-12-21)4-2-10-19/h5-6,13-15H,1-4,7-8H2.